The monoisotopic (exact) mass is 396 g/mol. The smallest absolute Gasteiger partial charge is 0.262 e. The summed E-state index contributed by atoms with van der Waals surface area (Å²) in [5, 5.41) is 13.3. The molecule has 0 aromatic heterocycles. The van der Waals surface area contributed by atoms with Crippen molar-refractivity contribution in [1.29, 1.82) is 0 Å². The Bertz CT molecular complexity index is 784. The molecule has 0 saturated carbocycles. The lowest BCUT2D eigenvalue weighted by atomic mass is 9.73. The molecule has 2 aromatic rings. The molecule has 5 heteroatoms. The highest BCUT2D eigenvalue weighted by atomic mass is 16.5. The Labute approximate surface area is 173 Å². The van der Waals surface area contributed by atoms with E-state index in [9.17, 15) is 9.90 Å². The second-order valence-corrected chi connectivity index (χ2v) is 8.91. The molecule has 1 amide bonds. The highest BCUT2D eigenvalue weighted by molar-refractivity contribution is 5.91. The molecular formula is C24H32N2O3. The van der Waals surface area contributed by atoms with Crippen LogP contribution in [-0.4, -0.2) is 41.7 Å². The van der Waals surface area contributed by atoms with Crippen LogP contribution in [0.2, 0.25) is 0 Å². The summed E-state index contributed by atoms with van der Waals surface area (Å²) < 4.78 is 5.59. The van der Waals surface area contributed by atoms with Crippen molar-refractivity contribution >= 4 is 11.6 Å². The first kappa shape index (κ1) is 21.3. The van der Waals surface area contributed by atoms with Crippen molar-refractivity contribution < 1.29 is 14.6 Å². The number of anilines is 1. The lowest BCUT2D eigenvalue weighted by Gasteiger charge is -2.42. The molecule has 2 aromatic carbocycles. The standard InChI is InChI=1S/C24H32N2O3/c1-24(2,3)21-13-14-26(16-22(21)27)15-18-9-11-20(12-10-18)29-17-23(28)25-19-7-5-4-6-8-19/h4-12,21-22,27H,13-17H2,1-3H3,(H,25,28). The third-order valence-electron chi connectivity index (χ3n) is 5.54. The maximum absolute atomic E-state index is 12.0. The van der Waals surface area contributed by atoms with Gasteiger partial charge in [0, 0.05) is 18.8 Å². The molecule has 0 aliphatic carbocycles. The highest BCUT2D eigenvalue weighted by Gasteiger charge is 2.35. The number of carbonyl (C=O) groups is 1. The van der Waals surface area contributed by atoms with E-state index in [1.54, 1.807) is 0 Å². The van der Waals surface area contributed by atoms with Gasteiger partial charge in [0.2, 0.25) is 0 Å². The summed E-state index contributed by atoms with van der Waals surface area (Å²) in [7, 11) is 0. The number of hydrogen-bond donors (Lipinski definition) is 2. The van der Waals surface area contributed by atoms with Crippen LogP contribution in [0.1, 0.15) is 32.8 Å². The molecule has 29 heavy (non-hydrogen) atoms. The molecule has 1 aliphatic heterocycles. The fourth-order valence-electron chi connectivity index (χ4n) is 3.97. The van der Waals surface area contributed by atoms with Gasteiger partial charge in [0.25, 0.3) is 5.91 Å². The lowest BCUT2D eigenvalue weighted by molar-refractivity contribution is -0.118. The normalized spacial score (nSPS) is 20.3. The SMILES string of the molecule is CC(C)(C)C1CCN(Cc2ccc(OCC(=O)Nc3ccccc3)cc2)CC1O. The third kappa shape index (κ3) is 6.31. The fraction of sp³-hybridized carbons (Fsp3) is 0.458. The summed E-state index contributed by atoms with van der Waals surface area (Å²) in [4.78, 5) is 14.3. The number of nitrogens with one attached hydrogen (secondary N) is 1. The summed E-state index contributed by atoms with van der Waals surface area (Å²) in [5.74, 6) is 0.830. The van der Waals surface area contributed by atoms with E-state index in [-0.39, 0.29) is 24.0 Å². The zero-order valence-electron chi connectivity index (χ0n) is 17.6. The number of ether oxygens (including phenoxy) is 1. The second kappa shape index (κ2) is 9.42. The van der Waals surface area contributed by atoms with E-state index in [0.717, 1.165) is 25.2 Å². The molecule has 2 unspecified atom stereocenters. The van der Waals surface area contributed by atoms with Gasteiger partial charge >= 0.3 is 0 Å². The molecule has 2 atom stereocenters. The summed E-state index contributed by atoms with van der Waals surface area (Å²) in [6.45, 7) is 9.10. The Morgan fingerprint density at radius 1 is 1.14 bits per heavy atom. The maximum Gasteiger partial charge on any atom is 0.262 e. The number of piperidine rings is 1. The number of hydrogen-bond acceptors (Lipinski definition) is 4. The van der Waals surface area contributed by atoms with E-state index >= 15 is 0 Å². The van der Waals surface area contributed by atoms with Gasteiger partial charge in [-0.3, -0.25) is 9.69 Å². The van der Waals surface area contributed by atoms with Crippen molar-refractivity contribution in [2.75, 3.05) is 25.0 Å². The van der Waals surface area contributed by atoms with Crippen molar-refractivity contribution in [2.45, 2.75) is 39.8 Å². The van der Waals surface area contributed by atoms with Gasteiger partial charge in [0.05, 0.1) is 6.10 Å². The number of carbonyl (C=O) groups excluding carboxylic acids is 1. The molecule has 1 heterocycles. The van der Waals surface area contributed by atoms with Crippen molar-refractivity contribution in [3.05, 3.63) is 60.2 Å². The Morgan fingerprint density at radius 3 is 2.45 bits per heavy atom. The van der Waals surface area contributed by atoms with Crippen LogP contribution in [-0.2, 0) is 11.3 Å². The largest absolute Gasteiger partial charge is 0.484 e. The first-order valence-electron chi connectivity index (χ1n) is 10.3. The molecule has 0 radical (unpaired) electrons. The van der Waals surface area contributed by atoms with Crippen LogP contribution in [0.5, 0.6) is 5.75 Å². The van der Waals surface area contributed by atoms with Gasteiger partial charge in [-0.05, 0) is 54.1 Å². The quantitative estimate of drug-likeness (QED) is 0.777. The summed E-state index contributed by atoms with van der Waals surface area (Å²) in [6, 6.07) is 17.2. The number of β-amino-alcohol motifs (C(OH)–C–C–N with tert-alkyl or cyclic N) is 1. The molecule has 156 valence electrons. The van der Waals surface area contributed by atoms with Crippen LogP contribution in [0.25, 0.3) is 0 Å². The van der Waals surface area contributed by atoms with Crippen LogP contribution in [0.3, 0.4) is 0 Å². The second-order valence-electron chi connectivity index (χ2n) is 8.91. The van der Waals surface area contributed by atoms with Crippen LogP contribution in [0.15, 0.2) is 54.6 Å². The Kier molecular flexibility index (Phi) is 6.93. The zero-order valence-corrected chi connectivity index (χ0v) is 17.6. The first-order valence-corrected chi connectivity index (χ1v) is 10.3. The van der Waals surface area contributed by atoms with Crippen molar-refractivity contribution in [3.63, 3.8) is 0 Å². The molecule has 3 rings (SSSR count). The number of amides is 1. The Morgan fingerprint density at radius 2 is 1.83 bits per heavy atom. The first-order chi connectivity index (χ1) is 13.8. The minimum atomic E-state index is -0.283. The van der Waals surface area contributed by atoms with Crippen molar-refractivity contribution in [2.24, 2.45) is 11.3 Å². The van der Waals surface area contributed by atoms with E-state index in [1.165, 1.54) is 5.56 Å². The predicted octanol–water partition coefficient (Wildman–Crippen LogP) is 3.93. The average molecular weight is 397 g/mol. The molecule has 1 saturated heterocycles. The Balaban J connectivity index is 1.45. The van der Waals surface area contributed by atoms with Gasteiger partial charge in [0.1, 0.15) is 5.75 Å². The molecule has 1 aliphatic rings. The molecule has 2 N–H and O–H groups in total. The van der Waals surface area contributed by atoms with Gasteiger partial charge in [-0.1, -0.05) is 51.1 Å². The number of benzene rings is 2. The van der Waals surface area contributed by atoms with Gasteiger partial charge in [0.15, 0.2) is 6.61 Å². The maximum atomic E-state index is 12.0. The van der Waals surface area contributed by atoms with Gasteiger partial charge in [-0.15, -0.1) is 0 Å². The molecule has 0 spiro atoms. The van der Waals surface area contributed by atoms with Gasteiger partial charge < -0.3 is 15.2 Å². The Hall–Kier alpha value is -2.37. The van der Waals surface area contributed by atoms with Gasteiger partial charge in [-0.2, -0.15) is 0 Å². The summed E-state index contributed by atoms with van der Waals surface area (Å²) in [5.41, 5.74) is 2.07. The molecular weight excluding hydrogens is 364 g/mol. The van der Waals surface area contributed by atoms with E-state index in [4.69, 9.17) is 4.74 Å². The zero-order chi connectivity index (χ0) is 20.9. The average Bonchev–Trinajstić information content (AvgIpc) is 2.67. The van der Waals surface area contributed by atoms with Crippen LogP contribution in [0.4, 0.5) is 5.69 Å². The number of para-hydroxylation sites is 1. The van der Waals surface area contributed by atoms with Crippen molar-refractivity contribution in [3.8, 4) is 5.75 Å². The highest BCUT2D eigenvalue weighted by Crippen LogP contribution is 2.34. The van der Waals surface area contributed by atoms with E-state index in [2.05, 4.69) is 31.0 Å². The number of aliphatic hydroxyl groups excluding tert-OH is 1. The lowest BCUT2D eigenvalue weighted by Crippen LogP contribution is -2.47. The van der Waals surface area contributed by atoms with E-state index in [1.807, 2.05) is 54.6 Å². The molecule has 0 bridgehead atoms. The topological polar surface area (TPSA) is 61.8 Å². The van der Waals surface area contributed by atoms with Crippen molar-refractivity contribution in [1.82, 2.24) is 4.90 Å². The van der Waals surface area contributed by atoms with Crippen LogP contribution in [0, 0.1) is 11.3 Å². The van der Waals surface area contributed by atoms with E-state index in [0.29, 0.717) is 18.2 Å². The number of likely N-dealkylation sites (tertiary alicyclic amines) is 1. The molecule has 1 fully saturated rings. The minimum absolute atomic E-state index is 0.0270. The fourth-order valence-corrected chi connectivity index (χ4v) is 3.97. The number of rotatable bonds is 6. The molecule has 5 nitrogen and oxygen atoms in total. The van der Waals surface area contributed by atoms with E-state index < -0.39 is 0 Å². The van der Waals surface area contributed by atoms with Crippen LogP contribution >= 0.6 is 0 Å². The minimum Gasteiger partial charge on any atom is -0.484 e. The number of nitrogens with zero attached hydrogens (tertiary/aromatic N) is 1. The summed E-state index contributed by atoms with van der Waals surface area (Å²) in [6.07, 6.45) is 0.733. The predicted molar refractivity (Wildman–Crippen MR) is 116 cm³/mol. The third-order valence-corrected chi connectivity index (χ3v) is 5.54. The summed E-state index contributed by atoms with van der Waals surface area (Å²) >= 11 is 0. The van der Waals surface area contributed by atoms with Gasteiger partial charge in [-0.25, -0.2) is 0 Å². The van der Waals surface area contributed by atoms with Crippen LogP contribution < -0.4 is 10.1 Å². The number of aliphatic hydroxyl groups is 1.